The van der Waals surface area contributed by atoms with Crippen molar-refractivity contribution < 1.29 is 23.9 Å². The van der Waals surface area contributed by atoms with Gasteiger partial charge in [-0.15, -0.1) is 0 Å². The van der Waals surface area contributed by atoms with Gasteiger partial charge in [0.1, 0.15) is 5.75 Å². The van der Waals surface area contributed by atoms with E-state index in [9.17, 15) is 14.4 Å². The fraction of sp³-hybridized carbons (Fsp3) is 0.120. The summed E-state index contributed by atoms with van der Waals surface area (Å²) >= 11 is 0. The monoisotopic (exact) mass is 460 g/mol. The van der Waals surface area contributed by atoms with Crippen LogP contribution >= 0.6 is 0 Å². The lowest BCUT2D eigenvalue weighted by molar-refractivity contribution is 0.101. The summed E-state index contributed by atoms with van der Waals surface area (Å²) in [5.41, 5.74) is 4.54. The lowest BCUT2D eigenvalue weighted by Crippen LogP contribution is -2.18. The molecular formula is C25H24N4O5. The van der Waals surface area contributed by atoms with Gasteiger partial charge in [-0.05, 0) is 61.0 Å². The zero-order valence-electron chi connectivity index (χ0n) is 18.7. The number of anilines is 2. The van der Waals surface area contributed by atoms with Gasteiger partial charge in [-0.2, -0.15) is 5.10 Å². The summed E-state index contributed by atoms with van der Waals surface area (Å²) in [6, 6.07) is 20.3. The van der Waals surface area contributed by atoms with Gasteiger partial charge in [0.15, 0.2) is 0 Å². The van der Waals surface area contributed by atoms with E-state index >= 15 is 0 Å². The number of rotatable bonds is 8. The fourth-order valence-corrected chi connectivity index (χ4v) is 2.92. The zero-order valence-corrected chi connectivity index (χ0v) is 18.7. The van der Waals surface area contributed by atoms with Gasteiger partial charge in [-0.25, -0.2) is 10.2 Å². The lowest BCUT2D eigenvalue weighted by atomic mass is 10.1. The molecule has 3 N–H and O–H groups in total. The molecule has 3 aromatic rings. The molecule has 0 radical (unpaired) electrons. The Labute approximate surface area is 196 Å². The minimum absolute atomic E-state index is 0.235. The SMILES string of the molecule is CCOC(=O)NN=Cc1cccc(C(=O)Nc2ccccc2NC(=O)c2ccc(OC)cc2)c1. The molecule has 34 heavy (non-hydrogen) atoms. The Balaban J connectivity index is 1.69. The molecule has 0 heterocycles. The number of hydrogen-bond acceptors (Lipinski definition) is 6. The Morgan fingerprint density at radius 1 is 0.853 bits per heavy atom. The number of benzene rings is 3. The minimum Gasteiger partial charge on any atom is -0.497 e. The molecule has 0 fully saturated rings. The van der Waals surface area contributed by atoms with Crippen LogP contribution in [0.1, 0.15) is 33.2 Å². The Hall–Kier alpha value is -4.66. The normalized spacial score (nSPS) is 10.4. The molecule has 0 spiro atoms. The highest BCUT2D eigenvalue weighted by Crippen LogP contribution is 2.23. The fourth-order valence-electron chi connectivity index (χ4n) is 2.92. The maximum Gasteiger partial charge on any atom is 0.427 e. The van der Waals surface area contributed by atoms with Gasteiger partial charge in [0.25, 0.3) is 11.8 Å². The summed E-state index contributed by atoms with van der Waals surface area (Å²) in [5.74, 6) is -0.0513. The predicted molar refractivity (Wildman–Crippen MR) is 130 cm³/mol. The van der Waals surface area contributed by atoms with Crippen LogP contribution in [-0.2, 0) is 4.74 Å². The Kier molecular flexibility index (Phi) is 8.34. The summed E-state index contributed by atoms with van der Waals surface area (Å²) in [5, 5.41) is 9.42. The number of hydrazone groups is 1. The number of carbonyl (C=O) groups is 3. The molecule has 0 aliphatic rings. The highest BCUT2D eigenvalue weighted by atomic mass is 16.5. The van der Waals surface area contributed by atoms with Gasteiger partial charge in [0.2, 0.25) is 0 Å². The van der Waals surface area contributed by atoms with Crippen LogP contribution in [0.25, 0.3) is 0 Å². The number of para-hydroxylation sites is 2. The van der Waals surface area contributed by atoms with Crippen molar-refractivity contribution >= 4 is 35.5 Å². The van der Waals surface area contributed by atoms with Crippen molar-refractivity contribution in [3.63, 3.8) is 0 Å². The first-order chi connectivity index (χ1) is 16.5. The first-order valence-electron chi connectivity index (χ1n) is 10.4. The van der Waals surface area contributed by atoms with Crippen molar-refractivity contribution in [1.29, 1.82) is 0 Å². The van der Waals surface area contributed by atoms with Crippen molar-refractivity contribution in [2.75, 3.05) is 24.4 Å². The summed E-state index contributed by atoms with van der Waals surface area (Å²) in [6.45, 7) is 1.92. The molecule has 3 aromatic carbocycles. The first-order valence-corrected chi connectivity index (χ1v) is 10.4. The zero-order chi connectivity index (χ0) is 24.3. The number of carbonyl (C=O) groups excluding carboxylic acids is 3. The second-order valence-corrected chi connectivity index (χ2v) is 6.90. The van der Waals surface area contributed by atoms with Gasteiger partial charge in [-0.1, -0.05) is 24.3 Å². The molecule has 3 amide bonds. The molecule has 0 aliphatic heterocycles. The third-order valence-corrected chi connectivity index (χ3v) is 4.57. The van der Waals surface area contributed by atoms with Gasteiger partial charge < -0.3 is 20.1 Å². The summed E-state index contributed by atoms with van der Waals surface area (Å²) in [7, 11) is 1.55. The molecule has 0 aromatic heterocycles. The average molecular weight is 460 g/mol. The first kappa shape index (κ1) is 24.0. The summed E-state index contributed by atoms with van der Waals surface area (Å²) in [6.07, 6.45) is 0.734. The molecule has 0 saturated heterocycles. The number of hydrogen-bond donors (Lipinski definition) is 3. The van der Waals surface area contributed by atoms with Gasteiger partial charge in [0.05, 0.1) is 31.3 Å². The van der Waals surface area contributed by atoms with Gasteiger partial charge in [0, 0.05) is 11.1 Å². The van der Waals surface area contributed by atoms with E-state index in [2.05, 4.69) is 21.2 Å². The van der Waals surface area contributed by atoms with Crippen LogP contribution < -0.4 is 20.8 Å². The number of ether oxygens (including phenoxy) is 2. The lowest BCUT2D eigenvalue weighted by Gasteiger charge is -2.13. The van der Waals surface area contributed by atoms with Crippen molar-refractivity contribution in [3.8, 4) is 5.75 Å². The second kappa shape index (κ2) is 11.8. The van der Waals surface area contributed by atoms with Crippen LogP contribution in [0.4, 0.5) is 16.2 Å². The van der Waals surface area contributed by atoms with E-state index in [1.54, 1.807) is 86.8 Å². The predicted octanol–water partition coefficient (Wildman–Crippen LogP) is 4.28. The van der Waals surface area contributed by atoms with Crippen LogP contribution in [0.2, 0.25) is 0 Å². The third-order valence-electron chi connectivity index (χ3n) is 4.57. The number of amides is 3. The van der Waals surface area contributed by atoms with Crippen LogP contribution in [0, 0.1) is 0 Å². The van der Waals surface area contributed by atoms with Crippen molar-refractivity contribution in [3.05, 3.63) is 89.5 Å². The molecule has 0 saturated carbocycles. The van der Waals surface area contributed by atoms with E-state index in [1.165, 1.54) is 6.21 Å². The molecule has 3 rings (SSSR count). The van der Waals surface area contributed by atoms with Gasteiger partial charge >= 0.3 is 6.09 Å². The van der Waals surface area contributed by atoms with E-state index in [0.717, 1.165) is 0 Å². The number of methoxy groups -OCH3 is 1. The Morgan fingerprint density at radius 3 is 2.12 bits per heavy atom. The highest BCUT2D eigenvalue weighted by Gasteiger charge is 2.12. The standard InChI is InChI=1S/C25H24N4O5/c1-3-34-25(32)29-26-16-17-7-6-8-19(15-17)24(31)28-22-10-5-4-9-21(22)27-23(30)18-11-13-20(33-2)14-12-18/h4-16H,3H2,1-2H3,(H,27,30)(H,28,31)(H,29,32). The van der Waals surface area contributed by atoms with Crippen molar-refractivity contribution in [2.45, 2.75) is 6.92 Å². The molecular weight excluding hydrogens is 436 g/mol. The quantitative estimate of drug-likeness (QED) is 0.343. The number of nitrogens with zero attached hydrogens (tertiary/aromatic N) is 1. The molecule has 0 aliphatic carbocycles. The average Bonchev–Trinajstić information content (AvgIpc) is 2.85. The molecule has 0 unspecified atom stereocenters. The summed E-state index contributed by atoms with van der Waals surface area (Å²) in [4.78, 5) is 36.8. The number of nitrogens with one attached hydrogen (secondary N) is 3. The van der Waals surface area contributed by atoms with Crippen LogP contribution in [0.5, 0.6) is 5.75 Å². The third kappa shape index (κ3) is 6.67. The molecule has 0 atom stereocenters. The van der Waals surface area contributed by atoms with Crippen molar-refractivity contribution in [2.24, 2.45) is 5.10 Å². The maximum atomic E-state index is 12.8. The summed E-state index contributed by atoms with van der Waals surface area (Å²) < 4.78 is 9.83. The van der Waals surface area contributed by atoms with E-state index in [-0.39, 0.29) is 18.4 Å². The highest BCUT2D eigenvalue weighted by molar-refractivity contribution is 6.10. The van der Waals surface area contributed by atoms with Crippen LogP contribution in [-0.4, -0.2) is 37.8 Å². The van der Waals surface area contributed by atoms with Crippen molar-refractivity contribution in [1.82, 2.24) is 5.43 Å². The van der Waals surface area contributed by atoms with E-state index in [1.807, 2.05) is 0 Å². The van der Waals surface area contributed by atoms with Crippen LogP contribution in [0.15, 0.2) is 77.9 Å². The largest absolute Gasteiger partial charge is 0.497 e. The topological polar surface area (TPSA) is 118 Å². The van der Waals surface area contributed by atoms with E-state index < -0.39 is 6.09 Å². The molecule has 9 heteroatoms. The Bertz CT molecular complexity index is 1190. The maximum absolute atomic E-state index is 12.8. The molecule has 0 bridgehead atoms. The minimum atomic E-state index is -0.666. The molecule has 174 valence electrons. The van der Waals surface area contributed by atoms with Gasteiger partial charge in [-0.3, -0.25) is 9.59 Å². The molecule has 9 nitrogen and oxygen atoms in total. The Morgan fingerprint density at radius 2 is 1.50 bits per heavy atom. The van der Waals surface area contributed by atoms with Crippen LogP contribution in [0.3, 0.4) is 0 Å². The second-order valence-electron chi connectivity index (χ2n) is 6.90. The smallest absolute Gasteiger partial charge is 0.427 e. The van der Waals surface area contributed by atoms with E-state index in [0.29, 0.717) is 33.8 Å². The van der Waals surface area contributed by atoms with E-state index in [4.69, 9.17) is 9.47 Å².